The van der Waals surface area contributed by atoms with Gasteiger partial charge in [-0.25, -0.2) is 4.79 Å². The number of nitrogens with one attached hydrogen (secondary N) is 2. The van der Waals surface area contributed by atoms with Crippen molar-refractivity contribution < 1.29 is 0 Å². The van der Waals surface area contributed by atoms with Gasteiger partial charge in [-0.1, -0.05) is 0 Å². The molecule has 4 heteroatoms. The SMILES string of the molecule is Cn1cc(C=N)[nH]c1=O. The third-order valence-corrected chi connectivity index (χ3v) is 1.06. The zero-order valence-corrected chi connectivity index (χ0v) is 5.01. The smallest absolute Gasteiger partial charge is 0.307 e. The monoisotopic (exact) mass is 125 g/mol. The van der Waals surface area contributed by atoms with E-state index in [4.69, 9.17) is 5.41 Å². The van der Waals surface area contributed by atoms with E-state index < -0.39 is 0 Å². The Morgan fingerprint density at radius 3 is 2.78 bits per heavy atom. The van der Waals surface area contributed by atoms with E-state index in [1.54, 1.807) is 13.2 Å². The lowest BCUT2D eigenvalue weighted by Crippen LogP contribution is -2.11. The third kappa shape index (κ3) is 0.910. The van der Waals surface area contributed by atoms with Gasteiger partial charge in [0.1, 0.15) is 0 Å². The maximum atomic E-state index is 10.6. The fourth-order valence-corrected chi connectivity index (χ4v) is 0.585. The van der Waals surface area contributed by atoms with Crippen molar-refractivity contribution in [3.8, 4) is 0 Å². The van der Waals surface area contributed by atoms with Crippen LogP contribution in [0.4, 0.5) is 0 Å². The topological polar surface area (TPSA) is 61.6 Å². The van der Waals surface area contributed by atoms with E-state index in [2.05, 4.69) is 4.98 Å². The molecule has 48 valence electrons. The fourth-order valence-electron chi connectivity index (χ4n) is 0.585. The first-order valence-electron chi connectivity index (χ1n) is 2.50. The number of hydrogen-bond acceptors (Lipinski definition) is 2. The molecule has 0 spiro atoms. The second-order valence-electron chi connectivity index (χ2n) is 1.77. The standard InChI is InChI=1S/C5H7N3O/c1-8-3-4(2-6)7-5(8)9/h2-3,6H,1H3,(H,7,9). The molecule has 1 heterocycles. The molecule has 1 aromatic heterocycles. The molecule has 0 saturated heterocycles. The number of nitrogens with zero attached hydrogens (tertiary/aromatic N) is 1. The van der Waals surface area contributed by atoms with Crippen LogP contribution in [0.25, 0.3) is 0 Å². The van der Waals surface area contributed by atoms with Gasteiger partial charge in [0, 0.05) is 19.5 Å². The Balaban J connectivity index is 3.28. The molecule has 0 saturated carbocycles. The normalized spacial score (nSPS) is 9.44. The summed E-state index contributed by atoms with van der Waals surface area (Å²) in [6.45, 7) is 0. The predicted octanol–water partition coefficient (Wildman–Crippen LogP) is -0.289. The number of aromatic nitrogens is 2. The highest BCUT2D eigenvalue weighted by Gasteiger charge is 1.92. The summed E-state index contributed by atoms with van der Waals surface area (Å²) >= 11 is 0. The first kappa shape index (κ1) is 5.81. The van der Waals surface area contributed by atoms with Crippen molar-refractivity contribution in [2.75, 3.05) is 0 Å². The highest BCUT2D eigenvalue weighted by Crippen LogP contribution is 1.80. The lowest BCUT2D eigenvalue weighted by Gasteiger charge is -1.77. The van der Waals surface area contributed by atoms with Gasteiger partial charge in [-0.3, -0.25) is 0 Å². The average molecular weight is 125 g/mol. The number of aromatic amines is 1. The van der Waals surface area contributed by atoms with Crippen molar-refractivity contribution in [2.45, 2.75) is 0 Å². The summed E-state index contributed by atoms with van der Waals surface area (Å²) in [5.41, 5.74) is 0.344. The Bertz CT molecular complexity index is 270. The van der Waals surface area contributed by atoms with Crippen molar-refractivity contribution in [3.05, 3.63) is 22.4 Å². The number of hydrogen-bond donors (Lipinski definition) is 2. The van der Waals surface area contributed by atoms with E-state index in [-0.39, 0.29) is 5.69 Å². The Hall–Kier alpha value is -1.32. The lowest BCUT2D eigenvalue weighted by molar-refractivity contribution is 0.862. The van der Waals surface area contributed by atoms with Gasteiger partial charge in [0.15, 0.2) is 0 Å². The van der Waals surface area contributed by atoms with Crippen LogP contribution in [0.5, 0.6) is 0 Å². The molecule has 0 unspecified atom stereocenters. The van der Waals surface area contributed by atoms with Crippen molar-refractivity contribution in [1.82, 2.24) is 9.55 Å². The molecule has 0 aromatic carbocycles. The lowest BCUT2D eigenvalue weighted by atomic mass is 10.5. The van der Waals surface area contributed by atoms with Crippen LogP contribution in [0, 0.1) is 5.41 Å². The minimum Gasteiger partial charge on any atom is -0.307 e. The zero-order valence-electron chi connectivity index (χ0n) is 5.01. The van der Waals surface area contributed by atoms with Crippen LogP contribution >= 0.6 is 0 Å². The van der Waals surface area contributed by atoms with Crippen molar-refractivity contribution in [1.29, 1.82) is 5.41 Å². The number of imidazole rings is 1. The summed E-state index contributed by atoms with van der Waals surface area (Å²) in [4.78, 5) is 13.1. The van der Waals surface area contributed by atoms with Crippen LogP contribution in [0.2, 0.25) is 0 Å². The van der Waals surface area contributed by atoms with Crippen LogP contribution < -0.4 is 5.69 Å². The van der Waals surface area contributed by atoms with Crippen molar-refractivity contribution in [3.63, 3.8) is 0 Å². The largest absolute Gasteiger partial charge is 0.325 e. The number of aryl methyl sites for hydroxylation is 1. The van der Waals surface area contributed by atoms with Gasteiger partial charge in [0.05, 0.1) is 5.69 Å². The molecule has 9 heavy (non-hydrogen) atoms. The molecule has 0 aliphatic carbocycles. The van der Waals surface area contributed by atoms with E-state index in [0.29, 0.717) is 5.69 Å². The van der Waals surface area contributed by atoms with Gasteiger partial charge in [-0.05, 0) is 0 Å². The Kier molecular flexibility index (Phi) is 1.22. The summed E-state index contributed by atoms with van der Waals surface area (Å²) < 4.78 is 1.39. The predicted molar refractivity (Wildman–Crippen MR) is 33.9 cm³/mol. The number of H-pyrrole nitrogens is 1. The van der Waals surface area contributed by atoms with Crippen LogP contribution in [0.1, 0.15) is 5.69 Å². The second kappa shape index (κ2) is 1.89. The molecule has 0 aliphatic heterocycles. The van der Waals surface area contributed by atoms with Gasteiger partial charge in [-0.15, -0.1) is 0 Å². The van der Waals surface area contributed by atoms with E-state index in [9.17, 15) is 4.79 Å². The zero-order chi connectivity index (χ0) is 6.85. The highest BCUT2D eigenvalue weighted by atomic mass is 16.1. The first-order valence-corrected chi connectivity index (χ1v) is 2.50. The van der Waals surface area contributed by atoms with Crippen molar-refractivity contribution >= 4 is 6.21 Å². The Labute approximate surface area is 51.6 Å². The summed E-state index contributed by atoms with van der Waals surface area (Å²) in [5.74, 6) is 0. The van der Waals surface area contributed by atoms with Gasteiger partial charge in [0.25, 0.3) is 0 Å². The van der Waals surface area contributed by atoms with Crippen LogP contribution in [0.15, 0.2) is 11.0 Å². The van der Waals surface area contributed by atoms with Crippen LogP contribution in [0.3, 0.4) is 0 Å². The van der Waals surface area contributed by atoms with Gasteiger partial charge < -0.3 is 15.0 Å². The maximum Gasteiger partial charge on any atom is 0.325 e. The fraction of sp³-hybridized carbons (Fsp3) is 0.200. The molecule has 0 radical (unpaired) electrons. The molecule has 0 aliphatic rings. The average Bonchev–Trinajstić information content (AvgIpc) is 2.13. The molecule has 1 aromatic rings. The van der Waals surface area contributed by atoms with Crippen LogP contribution in [-0.2, 0) is 7.05 Å². The molecule has 1 rings (SSSR count). The molecule has 0 bridgehead atoms. The van der Waals surface area contributed by atoms with Crippen LogP contribution in [-0.4, -0.2) is 15.8 Å². The minimum atomic E-state index is -0.187. The summed E-state index contributed by atoms with van der Waals surface area (Å²) in [6.07, 6.45) is 2.66. The van der Waals surface area contributed by atoms with E-state index in [1.165, 1.54) is 4.57 Å². The molecular weight excluding hydrogens is 118 g/mol. The summed E-state index contributed by atoms with van der Waals surface area (Å²) in [6, 6.07) is 0. The van der Waals surface area contributed by atoms with E-state index in [1.807, 2.05) is 0 Å². The first-order chi connectivity index (χ1) is 4.24. The number of rotatable bonds is 1. The highest BCUT2D eigenvalue weighted by molar-refractivity contribution is 5.73. The van der Waals surface area contributed by atoms with E-state index >= 15 is 0 Å². The minimum absolute atomic E-state index is 0.187. The molecule has 2 N–H and O–H groups in total. The van der Waals surface area contributed by atoms with Gasteiger partial charge >= 0.3 is 5.69 Å². The second-order valence-corrected chi connectivity index (χ2v) is 1.77. The summed E-state index contributed by atoms with van der Waals surface area (Å²) in [5, 5.41) is 6.75. The Morgan fingerprint density at radius 2 is 2.56 bits per heavy atom. The molecule has 0 atom stereocenters. The van der Waals surface area contributed by atoms with Crippen molar-refractivity contribution in [2.24, 2.45) is 7.05 Å². The maximum absolute atomic E-state index is 10.6. The summed E-state index contributed by atoms with van der Waals surface area (Å²) in [7, 11) is 1.63. The van der Waals surface area contributed by atoms with Gasteiger partial charge in [0.2, 0.25) is 0 Å². The quantitative estimate of drug-likeness (QED) is 0.498. The molecule has 0 amide bonds. The molecule has 4 nitrogen and oxygen atoms in total. The third-order valence-electron chi connectivity index (χ3n) is 1.06. The molecule has 0 fully saturated rings. The molecular formula is C5H7N3O. The van der Waals surface area contributed by atoms with E-state index in [0.717, 1.165) is 6.21 Å². The van der Waals surface area contributed by atoms with Gasteiger partial charge in [-0.2, -0.15) is 0 Å². The Morgan fingerprint density at radius 1 is 1.89 bits per heavy atom.